The Kier molecular flexibility index (Phi) is 8.19. The average Bonchev–Trinajstić information content (AvgIpc) is 3.47. The van der Waals surface area contributed by atoms with Crippen molar-refractivity contribution in [2.75, 3.05) is 13.4 Å². The molecule has 0 aromatic heterocycles. The summed E-state index contributed by atoms with van der Waals surface area (Å²) in [7, 11) is 0. The van der Waals surface area contributed by atoms with Gasteiger partial charge in [-0.1, -0.05) is 11.6 Å². The number of rotatable bonds is 9. The number of benzene rings is 3. The zero-order chi connectivity index (χ0) is 28.4. The van der Waals surface area contributed by atoms with Gasteiger partial charge in [-0.25, -0.2) is 0 Å². The van der Waals surface area contributed by atoms with Crippen molar-refractivity contribution in [2.24, 2.45) is 0 Å². The van der Waals surface area contributed by atoms with Crippen molar-refractivity contribution in [3.63, 3.8) is 0 Å². The zero-order valence-corrected chi connectivity index (χ0v) is 24.0. The third-order valence-corrected chi connectivity index (χ3v) is 7.75. The summed E-state index contributed by atoms with van der Waals surface area (Å²) < 4.78 is 23.0. The fourth-order valence-corrected chi connectivity index (χ4v) is 5.61. The molecule has 0 radical (unpaired) electrons. The van der Waals surface area contributed by atoms with Crippen LogP contribution in [0.5, 0.6) is 23.0 Å². The summed E-state index contributed by atoms with van der Waals surface area (Å²) >= 11 is 10.7. The minimum Gasteiger partial charge on any atom is -0.490 e. The van der Waals surface area contributed by atoms with Gasteiger partial charge in [0.05, 0.1) is 27.5 Å². The molecule has 0 unspecified atom stereocenters. The first-order valence-electron chi connectivity index (χ1n) is 11.9. The van der Waals surface area contributed by atoms with E-state index in [1.807, 2.05) is 6.92 Å². The molecule has 3 aromatic carbocycles. The Bertz CT molecular complexity index is 1550. The van der Waals surface area contributed by atoms with Gasteiger partial charge in [0, 0.05) is 23.2 Å². The number of carbonyl (C=O) groups excluding carboxylic acids is 2. The summed E-state index contributed by atoms with van der Waals surface area (Å²) in [4.78, 5) is 37.7. The van der Waals surface area contributed by atoms with Crippen molar-refractivity contribution in [2.45, 2.75) is 20.1 Å². The van der Waals surface area contributed by atoms with Crippen molar-refractivity contribution in [1.29, 1.82) is 0 Å². The third-order valence-electron chi connectivity index (χ3n) is 5.90. The molecule has 2 amide bonds. The van der Waals surface area contributed by atoms with Crippen molar-refractivity contribution >= 4 is 62.2 Å². The molecule has 13 heteroatoms. The van der Waals surface area contributed by atoms with Gasteiger partial charge in [0.25, 0.3) is 16.8 Å². The zero-order valence-electron chi connectivity index (χ0n) is 20.8. The van der Waals surface area contributed by atoms with E-state index in [1.165, 1.54) is 12.1 Å². The van der Waals surface area contributed by atoms with Crippen molar-refractivity contribution in [3.05, 3.63) is 89.7 Å². The monoisotopic (exact) mass is 646 g/mol. The average molecular weight is 648 g/mol. The van der Waals surface area contributed by atoms with Crippen LogP contribution in [0.25, 0.3) is 6.08 Å². The maximum absolute atomic E-state index is 13.2. The minimum atomic E-state index is -0.464. The number of nitro benzene ring substituents is 1. The molecule has 40 heavy (non-hydrogen) atoms. The Morgan fingerprint density at radius 2 is 1.85 bits per heavy atom. The second-order valence-corrected chi connectivity index (χ2v) is 10.8. The quantitative estimate of drug-likeness (QED) is 0.138. The highest BCUT2D eigenvalue weighted by Gasteiger charge is 2.36. The molecular formula is C27H20BrClN2O8S. The largest absolute Gasteiger partial charge is 0.490 e. The van der Waals surface area contributed by atoms with E-state index in [0.29, 0.717) is 50.2 Å². The van der Waals surface area contributed by atoms with Crippen LogP contribution in [0.3, 0.4) is 0 Å². The van der Waals surface area contributed by atoms with E-state index in [2.05, 4.69) is 15.9 Å². The number of nitrogens with zero attached hydrogens (tertiary/aromatic N) is 2. The number of halogens is 2. The molecule has 0 spiro atoms. The van der Waals surface area contributed by atoms with E-state index in [0.717, 1.165) is 22.2 Å². The molecular weight excluding hydrogens is 628 g/mol. The van der Waals surface area contributed by atoms with Gasteiger partial charge in [-0.3, -0.25) is 24.6 Å². The van der Waals surface area contributed by atoms with Gasteiger partial charge in [-0.05, 0) is 87.7 Å². The molecule has 3 aromatic rings. The van der Waals surface area contributed by atoms with Crippen LogP contribution in [-0.4, -0.2) is 34.4 Å². The maximum Gasteiger partial charge on any atom is 0.293 e. The number of non-ortho nitro benzene ring substituents is 1. The number of nitro groups is 1. The third kappa shape index (κ3) is 5.88. The molecule has 10 nitrogen and oxygen atoms in total. The summed E-state index contributed by atoms with van der Waals surface area (Å²) in [5.41, 5.74) is 1.91. The number of imide groups is 1. The summed E-state index contributed by atoms with van der Waals surface area (Å²) in [6, 6.07) is 12.8. The number of carbonyl (C=O) groups is 2. The standard InChI is InChI=1S/C27H20BrClN2O8S/c1-2-36-23-8-16(7-19(28)25(23)37-13-15-3-5-18(6-4-15)31(34)35)9-24-26(32)30(27(33)40-24)12-17-10-21-22(11-20(17)29)39-14-38-21/h3-11H,2,12-14H2,1H3/b24-9+. The molecule has 1 saturated heterocycles. The number of fused-ring (bicyclic) bond motifs is 1. The van der Waals surface area contributed by atoms with Crippen LogP contribution in [0.2, 0.25) is 5.02 Å². The lowest BCUT2D eigenvalue weighted by Crippen LogP contribution is -2.27. The highest BCUT2D eigenvalue weighted by molar-refractivity contribution is 9.10. The predicted octanol–water partition coefficient (Wildman–Crippen LogP) is 6.95. The van der Waals surface area contributed by atoms with Crippen LogP contribution in [0, 0.1) is 10.1 Å². The fraction of sp³-hybridized carbons (Fsp3) is 0.185. The van der Waals surface area contributed by atoms with Crippen LogP contribution in [-0.2, 0) is 17.9 Å². The first-order valence-corrected chi connectivity index (χ1v) is 13.9. The van der Waals surface area contributed by atoms with Crippen LogP contribution in [0.4, 0.5) is 10.5 Å². The Morgan fingerprint density at radius 1 is 1.12 bits per heavy atom. The van der Waals surface area contributed by atoms with E-state index in [4.69, 9.17) is 30.5 Å². The van der Waals surface area contributed by atoms with Gasteiger partial charge >= 0.3 is 0 Å². The molecule has 2 heterocycles. The first-order chi connectivity index (χ1) is 19.2. The second kappa shape index (κ2) is 11.8. The van der Waals surface area contributed by atoms with Gasteiger partial charge < -0.3 is 18.9 Å². The van der Waals surface area contributed by atoms with Gasteiger partial charge in [-0.2, -0.15) is 0 Å². The van der Waals surface area contributed by atoms with Crippen molar-refractivity contribution < 1.29 is 33.5 Å². The van der Waals surface area contributed by atoms with Crippen molar-refractivity contribution in [1.82, 2.24) is 4.90 Å². The first kappa shape index (κ1) is 27.8. The molecule has 0 bridgehead atoms. The summed E-state index contributed by atoms with van der Waals surface area (Å²) in [5.74, 6) is 1.43. The van der Waals surface area contributed by atoms with E-state index < -0.39 is 16.1 Å². The van der Waals surface area contributed by atoms with E-state index in [1.54, 1.807) is 42.5 Å². The number of hydrogen-bond donors (Lipinski definition) is 0. The number of amides is 2. The van der Waals surface area contributed by atoms with Crippen LogP contribution >= 0.6 is 39.3 Å². The Balaban J connectivity index is 1.34. The molecule has 0 atom stereocenters. The molecule has 0 aliphatic carbocycles. The van der Waals surface area contributed by atoms with Gasteiger partial charge in [0.1, 0.15) is 6.61 Å². The molecule has 2 aliphatic heterocycles. The Hall–Kier alpha value is -3.74. The van der Waals surface area contributed by atoms with Crippen LogP contribution < -0.4 is 18.9 Å². The van der Waals surface area contributed by atoms with Gasteiger partial charge in [-0.15, -0.1) is 0 Å². The lowest BCUT2D eigenvalue weighted by molar-refractivity contribution is -0.384. The summed E-state index contributed by atoms with van der Waals surface area (Å²) in [6.45, 7) is 2.40. The molecule has 0 N–H and O–H groups in total. The number of thioether (sulfide) groups is 1. The van der Waals surface area contributed by atoms with Gasteiger partial charge in [0.2, 0.25) is 6.79 Å². The molecule has 5 rings (SSSR count). The molecule has 0 saturated carbocycles. The minimum absolute atomic E-state index is 0.00677. The lowest BCUT2D eigenvalue weighted by atomic mass is 10.1. The lowest BCUT2D eigenvalue weighted by Gasteiger charge is -2.15. The predicted molar refractivity (Wildman–Crippen MR) is 152 cm³/mol. The normalized spacial score (nSPS) is 15.2. The molecule has 2 aliphatic rings. The smallest absolute Gasteiger partial charge is 0.293 e. The van der Waals surface area contributed by atoms with E-state index in [-0.39, 0.29) is 30.5 Å². The number of ether oxygens (including phenoxy) is 4. The highest BCUT2D eigenvalue weighted by Crippen LogP contribution is 2.41. The molecule has 1 fully saturated rings. The van der Waals surface area contributed by atoms with Crippen LogP contribution in [0.1, 0.15) is 23.6 Å². The Morgan fingerprint density at radius 3 is 2.55 bits per heavy atom. The maximum atomic E-state index is 13.2. The van der Waals surface area contributed by atoms with Gasteiger partial charge in [0.15, 0.2) is 23.0 Å². The summed E-state index contributed by atoms with van der Waals surface area (Å²) in [6.07, 6.45) is 1.61. The topological polar surface area (TPSA) is 117 Å². The molecule has 206 valence electrons. The number of hydrogen-bond acceptors (Lipinski definition) is 9. The SMILES string of the molecule is CCOc1cc(/C=C2/SC(=O)N(Cc3cc4c(cc3Cl)OCO4)C2=O)cc(Br)c1OCc1ccc([N+](=O)[O-])cc1. The van der Waals surface area contributed by atoms with E-state index >= 15 is 0 Å². The van der Waals surface area contributed by atoms with Crippen molar-refractivity contribution in [3.8, 4) is 23.0 Å². The summed E-state index contributed by atoms with van der Waals surface area (Å²) in [5, 5.41) is 10.8. The van der Waals surface area contributed by atoms with Crippen LogP contribution in [0.15, 0.2) is 57.9 Å². The fourth-order valence-electron chi connectivity index (χ4n) is 3.98. The highest BCUT2D eigenvalue weighted by atomic mass is 79.9. The Labute approximate surface area is 246 Å². The second-order valence-electron chi connectivity index (χ2n) is 8.54. The van der Waals surface area contributed by atoms with E-state index in [9.17, 15) is 19.7 Å².